The molecule has 1 heterocycles. The number of benzene rings is 1. The molecular weight excluding hydrogens is 347 g/mol. The first-order valence-electron chi connectivity index (χ1n) is 4.04. The van der Waals surface area contributed by atoms with Gasteiger partial charge in [-0.25, -0.2) is 0 Å². The Morgan fingerprint density at radius 1 is 1.40 bits per heavy atom. The average Bonchev–Trinajstić information content (AvgIpc) is 2.70. The molecule has 0 aliphatic heterocycles. The van der Waals surface area contributed by atoms with Gasteiger partial charge in [0.2, 0.25) is 0 Å². The molecule has 0 spiro atoms. The number of alkyl halides is 1. The van der Waals surface area contributed by atoms with Crippen LogP contribution in [0.1, 0.15) is 5.82 Å². The van der Waals surface area contributed by atoms with Crippen molar-refractivity contribution in [3.05, 3.63) is 33.5 Å². The molecule has 0 bridgehead atoms. The van der Waals surface area contributed by atoms with Crippen molar-refractivity contribution in [1.82, 2.24) is 10.1 Å². The molecule has 0 aliphatic rings. The molecule has 2 aromatic rings. The fraction of sp³-hybridized carbons (Fsp3) is 0.111. The Labute approximate surface area is 108 Å². The van der Waals surface area contributed by atoms with Crippen LogP contribution in [0.5, 0.6) is 0 Å². The molecule has 1 aromatic carbocycles. The van der Waals surface area contributed by atoms with Crippen LogP contribution in [0.15, 0.2) is 27.2 Å². The van der Waals surface area contributed by atoms with Crippen molar-refractivity contribution in [3.8, 4) is 11.5 Å². The SMILES string of the molecule is Clc1ccc(-c2nc(CBr)no2)cc1Br. The normalized spacial score (nSPS) is 10.6. The van der Waals surface area contributed by atoms with Crippen LogP contribution in [0, 0.1) is 0 Å². The van der Waals surface area contributed by atoms with E-state index in [0.717, 1.165) is 10.0 Å². The summed E-state index contributed by atoms with van der Waals surface area (Å²) in [5.74, 6) is 1.11. The highest BCUT2D eigenvalue weighted by atomic mass is 79.9. The lowest BCUT2D eigenvalue weighted by Crippen LogP contribution is -1.81. The first-order valence-corrected chi connectivity index (χ1v) is 6.34. The van der Waals surface area contributed by atoms with Crippen LogP contribution < -0.4 is 0 Å². The molecule has 15 heavy (non-hydrogen) atoms. The molecule has 0 radical (unpaired) electrons. The standard InChI is InChI=1S/C9H5Br2ClN2O/c10-4-8-13-9(15-14-8)5-1-2-7(12)6(11)3-5/h1-3H,4H2. The van der Waals surface area contributed by atoms with E-state index in [-0.39, 0.29) is 0 Å². The lowest BCUT2D eigenvalue weighted by molar-refractivity contribution is 0.425. The highest BCUT2D eigenvalue weighted by molar-refractivity contribution is 9.10. The predicted molar refractivity (Wildman–Crippen MR) is 65.1 cm³/mol. The van der Waals surface area contributed by atoms with Gasteiger partial charge < -0.3 is 4.52 Å². The first-order chi connectivity index (χ1) is 7.20. The van der Waals surface area contributed by atoms with E-state index in [9.17, 15) is 0 Å². The number of halogens is 3. The monoisotopic (exact) mass is 350 g/mol. The summed E-state index contributed by atoms with van der Waals surface area (Å²) in [6.45, 7) is 0. The van der Waals surface area contributed by atoms with Crippen LogP contribution in [0.3, 0.4) is 0 Å². The van der Waals surface area contributed by atoms with E-state index in [1.54, 1.807) is 6.07 Å². The van der Waals surface area contributed by atoms with Gasteiger partial charge in [0.05, 0.1) is 10.4 Å². The number of hydrogen-bond donors (Lipinski definition) is 0. The molecule has 6 heteroatoms. The largest absolute Gasteiger partial charge is 0.334 e. The summed E-state index contributed by atoms with van der Waals surface area (Å²) in [5.41, 5.74) is 0.839. The van der Waals surface area contributed by atoms with Crippen LogP contribution in [0.25, 0.3) is 11.5 Å². The quantitative estimate of drug-likeness (QED) is 0.766. The Kier molecular flexibility index (Phi) is 3.43. The summed E-state index contributed by atoms with van der Waals surface area (Å²) in [6, 6.07) is 5.45. The number of hydrogen-bond acceptors (Lipinski definition) is 3. The Morgan fingerprint density at radius 2 is 2.20 bits per heavy atom. The van der Waals surface area contributed by atoms with E-state index in [4.69, 9.17) is 16.1 Å². The van der Waals surface area contributed by atoms with Crippen LogP contribution in [0.2, 0.25) is 5.02 Å². The molecule has 0 aliphatic carbocycles. The lowest BCUT2D eigenvalue weighted by atomic mass is 10.2. The van der Waals surface area contributed by atoms with Gasteiger partial charge in [0.1, 0.15) is 0 Å². The number of aromatic nitrogens is 2. The fourth-order valence-electron chi connectivity index (χ4n) is 1.05. The van der Waals surface area contributed by atoms with E-state index in [1.165, 1.54) is 0 Å². The molecule has 0 N–H and O–H groups in total. The third-order valence-electron chi connectivity index (χ3n) is 1.75. The van der Waals surface area contributed by atoms with E-state index < -0.39 is 0 Å². The zero-order valence-corrected chi connectivity index (χ0v) is 11.3. The van der Waals surface area contributed by atoms with Crippen LogP contribution in [-0.4, -0.2) is 10.1 Å². The second-order valence-corrected chi connectivity index (χ2v) is 4.60. The summed E-state index contributed by atoms with van der Waals surface area (Å²) in [5, 5.41) is 5.01. The van der Waals surface area contributed by atoms with Gasteiger partial charge in [0, 0.05) is 10.0 Å². The summed E-state index contributed by atoms with van der Waals surface area (Å²) in [6.07, 6.45) is 0. The Balaban J connectivity index is 2.40. The Morgan fingerprint density at radius 3 is 2.80 bits per heavy atom. The van der Waals surface area contributed by atoms with Crippen molar-refractivity contribution < 1.29 is 4.52 Å². The van der Waals surface area contributed by atoms with E-state index >= 15 is 0 Å². The highest BCUT2D eigenvalue weighted by Crippen LogP contribution is 2.28. The van der Waals surface area contributed by atoms with Crippen LogP contribution >= 0.6 is 43.5 Å². The molecule has 2 rings (SSSR count). The fourth-order valence-corrected chi connectivity index (χ4v) is 1.78. The molecule has 3 nitrogen and oxygen atoms in total. The van der Waals surface area contributed by atoms with Gasteiger partial charge in [0.15, 0.2) is 5.82 Å². The summed E-state index contributed by atoms with van der Waals surface area (Å²) in [7, 11) is 0. The van der Waals surface area contributed by atoms with Gasteiger partial charge in [-0.05, 0) is 34.1 Å². The summed E-state index contributed by atoms with van der Waals surface area (Å²) in [4.78, 5) is 4.18. The van der Waals surface area contributed by atoms with Gasteiger partial charge in [-0.15, -0.1) is 0 Å². The topological polar surface area (TPSA) is 38.9 Å². The number of nitrogens with zero attached hydrogens (tertiary/aromatic N) is 2. The molecule has 0 amide bonds. The Bertz CT molecular complexity index is 487. The second kappa shape index (κ2) is 4.63. The smallest absolute Gasteiger partial charge is 0.257 e. The van der Waals surface area contributed by atoms with Crippen molar-refractivity contribution in [3.63, 3.8) is 0 Å². The minimum Gasteiger partial charge on any atom is -0.334 e. The van der Waals surface area contributed by atoms with E-state index in [1.807, 2.05) is 12.1 Å². The third kappa shape index (κ3) is 2.41. The van der Waals surface area contributed by atoms with Crippen molar-refractivity contribution in [1.29, 1.82) is 0 Å². The van der Waals surface area contributed by atoms with Crippen molar-refractivity contribution in [2.45, 2.75) is 5.33 Å². The second-order valence-electron chi connectivity index (χ2n) is 2.78. The zero-order valence-electron chi connectivity index (χ0n) is 7.38. The van der Waals surface area contributed by atoms with Gasteiger partial charge in [-0.3, -0.25) is 0 Å². The zero-order chi connectivity index (χ0) is 10.8. The first kappa shape index (κ1) is 11.1. The van der Waals surface area contributed by atoms with Crippen molar-refractivity contribution in [2.24, 2.45) is 0 Å². The average molecular weight is 352 g/mol. The van der Waals surface area contributed by atoms with Gasteiger partial charge >= 0.3 is 0 Å². The molecular formula is C9H5Br2ClN2O. The van der Waals surface area contributed by atoms with Crippen molar-refractivity contribution in [2.75, 3.05) is 0 Å². The molecule has 0 saturated heterocycles. The third-order valence-corrected chi connectivity index (χ3v) is 3.47. The maximum atomic E-state index is 5.88. The molecule has 1 aromatic heterocycles. The lowest BCUT2D eigenvalue weighted by Gasteiger charge is -1.97. The minimum absolute atomic E-state index is 0.488. The molecule has 0 fully saturated rings. The molecule has 0 saturated carbocycles. The molecule has 0 atom stereocenters. The highest BCUT2D eigenvalue weighted by Gasteiger charge is 2.09. The molecule has 0 unspecified atom stereocenters. The summed E-state index contributed by atoms with van der Waals surface area (Å²) >= 11 is 12.5. The van der Waals surface area contributed by atoms with Crippen molar-refractivity contribution >= 4 is 43.5 Å². The van der Waals surface area contributed by atoms with Crippen LogP contribution in [-0.2, 0) is 5.33 Å². The maximum absolute atomic E-state index is 5.88. The minimum atomic E-state index is 0.488. The van der Waals surface area contributed by atoms with Gasteiger partial charge in [-0.1, -0.05) is 32.7 Å². The molecule has 78 valence electrons. The predicted octanol–water partition coefficient (Wildman–Crippen LogP) is 4.05. The van der Waals surface area contributed by atoms with E-state index in [0.29, 0.717) is 22.1 Å². The number of rotatable bonds is 2. The summed E-state index contributed by atoms with van der Waals surface area (Å²) < 4.78 is 5.89. The van der Waals surface area contributed by atoms with Gasteiger partial charge in [0.25, 0.3) is 5.89 Å². The maximum Gasteiger partial charge on any atom is 0.257 e. The van der Waals surface area contributed by atoms with Crippen LogP contribution in [0.4, 0.5) is 0 Å². The Hall–Kier alpha value is -0.390. The van der Waals surface area contributed by atoms with Gasteiger partial charge in [-0.2, -0.15) is 4.98 Å². The van der Waals surface area contributed by atoms with E-state index in [2.05, 4.69) is 42.0 Å².